The zero-order valence-electron chi connectivity index (χ0n) is 9.09. The molecule has 0 unspecified atom stereocenters. The monoisotopic (exact) mass is 253 g/mol. The number of nitrogens with zero attached hydrogens (tertiary/aromatic N) is 1. The average Bonchev–Trinajstić information content (AvgIpc) is 2.80. The SMILES string of the molecule is C=CCN1[C@@H]2CC3(SCCS3)[C@H]1C=CC2=O. The number of fused-ring (bicyclic) bond motifs is 3. The van der Waals surface area contributed by atoms with E-state index >= 15 is 0 Å². The lowest BCUT2D eigenvalue weighted by Crippen LogP contribution is -2.44. The number of hydrogen-bond donors (Lipinski definition) is 0. The highest BCUT2D eigenvalue weighted by Crippen LogP contribution is 2.56. The third-order valence-corrected chi connectivity index (χ3v) is 7.15. The maximum absolute atomic E-state index is 11.9. The third-order valence-electron chi connectivity index (χ3n) is 3.57. The number of ketones is 1. The van der Waals surface area contributed by atoms with Gasteiger partial charge < -0.3 is 0 Å². The molecule has 0 N–H and O–H groups in total. The van der Waals surface area contributed by atoms with E-state index < -0.39 is 0 Å². The maximum Gasteiger partial charge on any atom is 0.172 e. The van der Waals surface area contributed by atoms with Crippen molar-refractivity contribution in [3.8, 4) is 0 Å². The third kappa shape index (κ3) is 1.43. The highest BCUT2D eigenvalue weighted by Gasteiger charge is 2.56. The molecule has 3 heterocycles. The van der Waals surface area contributed by atoms with E-state index in [0.29, 0.717) is 6.04 Å². The van der Waals surface area contributed by atoms with Gasteiger partial charge in [0.15, 0.2) is 5.78 Å². The molecule has 0 aliphatic carbocycles. The van der Waals surface area contributed by atoms with Gasteiger partial charge in [-0.25, -0.2) is 0 Å². The van der Waals surface area contributed by atoms with Crippen LogP contribution in [0.3, 0.4) is 0 Å². The normalized spacial score (nSPS) is 36.1. The molecule has 2 fully saturated rings. The van der Waals surface area contributed by atoms with Gasteiger partial charge in [-0.15, -0.1) is 30.1 Å². The molecule has 3 aliphatic rings. The summed E-state index contributed by atoms with van der Waals surface area (Å²) in [6.07, 6.45) is 6.83. The minimum atomic E-state index is 0.103. The summed E-state index contributed by atoms with van der Waals surface area (Å²) in [6, 6.07) is 0.525. The summed E-state index contributed by atoms with van der Waals surface area (Å²) in [5.74, 6) is 2.72. The summed E-state index contributed by atoms with van der Waals surface area (Å²) in [7, 11) is 0. The molecule has 2 nitrogen and oxygen atoms in total. The fourth-order valence-electron chi connectivity index (χ4n) is 2.92. The molecular weight excluding hydrogens is 238 g/mol. The van der Waals surface area contributed by atoms with Crippen LogP contribution in [-0.4, -0.2) is 44.9 Å². The molecule has 0 saturated carbocycles. The van der Waals surface area contributed by atoms with E-state index in [9.17, 15) is 4.79 Å². The van der Waals surface area contributed by atoms with Crippen LogP contribution in [0.2, 0.25) is 0 Å². The predicted molar refractivity (Wildman–Crippen MR) is 70.9 cm³/mol. The first-order valence-electron chi connectivity index (χ1n) is 5.63. The second kappa shape index (κ2) is 3.93. The quantitative estimate of drug-likeness (QED) is 0.701. The van der Waals surface area contributed by atoms with E-state index in [1.807, 2.05) is 29.6 Å². The molecule has 16 heavy (non-hydrogen) atoms. The Morgan fingerprint density at radius 1 is 1.56 bits per heavy atom. The summed E-state index contributed by atoms with van der Waals surface area (Å²) in [4.78, 5) is 14.2. The van der Waals surface area contributed by atoms with Crippen molar-refractivity contribution < 1.29 is 4.79 Å². The van der Waals surface area contributed by atoms with Gasteiger partial charge in [-0.05, 0) is 12.5 Å². The van der Waals surface area contributed by atoms with Crippen molar-refractivity contribution in [2.75, 3.05) is 18.1 Å². The zero-order valence-corrected chi connectivity index (χ0v) is 10.7. The van der Waals surface area contributed by atoms with Gasteiger partial charge in [0.1, 0.15) is 0 Å². The summed E-state index contributed by atoms with van der Waals surface area (Å²) in [6.45, 7) is 4.63. The molecule has 1 spiro atoms. The zero-order chi connectivity index (χ0) is 11.2. The number of hydrogen-bond acceptors (Lipinski definition) is 4. The lowest BCUT2D eigenvalue weighted by atomic mass is 10.1. The van der Waals surface area contributed by atoms with E-state index in [1.165, 1.54) is 11.5 Å². The van der Waals surface area contributed by atoms with Crippen LogP contribution in [-0.2, 0) is 4.79 Å². The topological polar surface area (TPSA) is 20.3 Å². The molecule has 0 amide bonds. The highest BCUT2D eigenvalue weighted by molar-refractivity contribution is 8.21. The lowest BCUT2D eigenvalue weighted by molar-refractivity contribution is -0.119. The van der Waals surface area contributed by atoms with Crippen LogP contribution in [0.5, 0.6) is 0 Å². The molecular formula is C12H15NOS2. The van der Waals surface area contributed by atoms with Gasteiger partial charge in [0.25, 0.3) is 0 Å². The molecule has 2 bridgehead atoms. The van der Waals surface area contributed by atoms with Crippen molar-refractivity contribution in [3.63, 3.8) is 0 Å². The number of thioether (sulfide) groups is 2. The fraction of sp³-hybridized carbons (Fsp3) is 0.583. The molecule has 4 heteroatoms. The Bertz CT molecular complexity index is 360. The Kier molecular flexibility index (Phi) is 2.68. The van der Waals surface area contributed by atoms with E-state index in [-0.39, 0.29) is 15.9 Å². The molecule has 3 aliphatic heterocycles. The summed E-state index contributed by atoms with van der Waals surface area (Å²) in [5.41, 5.74) is 0. The van der Waals surface area contributed by atoms with Crippen molar-refractivity contribution >= 4 is 29.3 Å². The highest BCUT2D eigenvalue weighted by atomic mass is 32.2. The van der Waals surface area contributed by atoms with Gasteiger partial charge in [0.05, 0.1) is 16.2 Å². The van der Waals surface area contributed by atoms with Crippen molar-refractivity contribution in [2.24, 2.45) is 0 Å². The van der Waals surface area contributed by atoms with Crippen molar-refractivity contribution in [1.29, 1.82) is 0 Å². The molecule has 0 aromatic carbocycles. The average molecular weight is 253 g/mol. The minimum absolute atomic E-state index is 0.103. The van der Waals surface area contributed by atoms with Crippen molar-refractivity contribution in [2.45, 2.75) is 22.6 Å². The first-order chi connectivity index (χ1) is 7.77. The predicted octanol–water partition coefficient (Wildman–Crippen LogP) is 1.93. The molecule has 0 aromatic heterocycles. The number of carbonyl (C=O) groups excluding carboxylic acids is 1. The molecule has 0 radical (unpaired) electrons. The van der Waals surface area contributed by atoms with Gasteiger partial charge in [-0.1, -0.05) is 12.2 Å². The summed E-state index contributed by atoms with van der Waals surface area (Å²) < 4.78 is 0.246. The van der Waals surface area contributed by atoms with Gasteiger partial charge in [0.2, 0.25) is 0 Å². The number of rotatable bonds is 2. The Morgan fingerprint density at radius 3 is 3.00 bits per heavy atom. The van der Waals surface area contributed by atoms with Gasteiger partial charge in [0, 0.05) is 18.1 Å². The maximum atomic E-state index is 11.9. The molecule has 0 aromatic rings. The molecule has 86 valence electrons. The van der Waals surface area contributed by atoms with E-state index in [0.717, 1.165) is 13.0 Å². The van der Waals surface area contributed by atoms with Crippen LogP contribution < -0.4 is 0 Å². The van der Waals surface area contributed by atoms with Crippen molar-refractivity contribution in [1.82, 2.24) is 4.90 Å². The van der Waals surface area contributed by atoms with Crippen molar-refractivity contribution in [3.05, 3.63) is 24.8 Å². The summed E-state index contributed by atoms with van der Waals surface area (Å²) >= 11 is 4.09. The van der Waals surface area contributed by atoms with Gasteiger partial charge in [-0.2, -0.15) is 0 Å². The van der Waals surface area contributed by atoms with Gasteiger partial charge in [-0.3, -0.25) is 9.69 Å². The Morgan fingerprint density at radius 2 is 2.31 bits per heavy atom. The van der Waals surface area contributed by atoms with Crippen LogP contribution in [0.1, 0.15) is 6.42 Å². The first kappa shape index (κ1) is 10.9. The lowest BCUT2D eigenvalue weighted by Gasteiger charge is -2.33. The summed E-state index contributed by atoms with van der Waals surface area (Å²) in [5, 5.41) is 0. The Hall–Kier alpha value is -0.190. The van der Waals surface area contributed by atoms with Crippen LogP contribution in [0, 0.1) is 0 Å². The van der Waals surface area contributed by atoms with E-state index in [4.69, 9.17) is 0 Å². The standard InChI is InChI=1S/C12H15NOS2/c1-2-5-13-9-8-12(15-6-7-16-12)11(13)4-3-10(9)14/h2-4,9,11H,1,5-8H2/t9-,11-/m1/s1. The van der Waals surface area contributed by atoms with E-state index in [2.05, 4.69) is 17.6 Å². The number of carbonyl (C=O) groups is 1. The second-order valence-corrected chi connectivity index (χ2v) is 7.53. The fourth-order valence-corrected chi connectivity index (χ4v) is 6.43. The largest absolute Gasteiger partial charge is 0.293 e. The second-order valence-electron chi connectivity index (χ2n) is 4.42. The molecule has 2 atom stereocenters. The van der Waals surface area contributed by atoms with Crippen LogP contribution in [0.4, 0.5) is 0 Å². The van der Waals surface area contributed by atoms with Crippen LogP contribution in [0.15, 0.2) is 24.8 Å². The van der Waals surface area contributed by atoms with E-state index in [1.54, 1.807) is 6.08 Å². The minimum Gasteiger partial charge on any atom is -0.293 e. The Labute approximate surface area is 105 Å². The first-order valence-corrected chi connectivity index (χ1v) is 7.60. The van der Waals surface area contributed by atoms with Crippen LogP contribution >= 0.6 is 23.5 Å². The van der Waals surface area contributed by atoms with Crippen LogP contribution in [0.25, 0.3) is 0 Å². The smallest absolute Gasteiger partial charge is 0.172 e. The van der Waals surface area contributed by atoms with Gasteiger partial charge >= 0.3 is 0 Å². The molecule has 3 rings (SSSR count). The Balaban J connectivity index is 1.96. The molecule has 2 saturated heterocycles.